The normalized spacial score (nSPS) is 15.4. The number of H-pyrrole nitrogens is 1. The van der Waals surface area contributed by atoms with Gasteiger partial charge in [-0.3, -0.25) is 9.89 Å². The average Bonchev–Trinajstić information content (AvgIpc) is 3.31. The smallest absolute Gasteiger partial charge is 0.273 e. The number of amides is 1. The molecule has 5 rings (SSSR count). The summed E-state index contributed by atoms with van der Waals surface area (Å²) in [4.78, 5) is 15.2. The van der Waals surface area contributed by atoms with Crippen LogP contribution in [0.2, 0.25) is 5.02 Å². The first-order valence-electron chi connectivity index (χ1n) is 9.66. The second kappa shape index (κ2) is 7.94. The third kappa shape index (κ3) is 3.66. The predicted molar refractivity (Wildman–Crippen MR) is 121 cm³/mol. The van der Waals surface area contributed by atoms with Crippen molar-refractivity contribution in [3.63, 3.8) is 0 Å². The zero-order chi connectivity index (χ0) is 21.5. The molecule has 0 radical (unpaired) electrons. The summed E-state index contributed by atoms with van der Waals surface area (Å²) in [5, 5.41) is 8.04. The maximum Gasteiger partial charge on any atom is 0.273 e. The highest BCUT2D eigenvalue weighted by Crippen LogP contribution is 2.43. The lowest BCUT2D eigenvalue weighted by Gasteiger charge is -2.26. The SMILES string of the molecule is O=C1c2[nH]nc(-c3ccc(Cl)cc3)c2C(c2ccc(Br)cc2)N1Cc1ccc(F)cc1. The first kappa shape index (κ1) is 20.0. The number of nitrogens with one attached hydrogen (secondary N) is 1. The van der Waals surface area contributed by atoms with Gasteiger partial charge in [0.25, 0.3) is 5.91 Å². The number of carbonyl (C=O) groups excluding carboxylic acids is 1. The lowest BCUT2D eigenvalue weighted by atomic mass is 9.96. The van der Waals surface area contributed by atoms with Crippen LogP contribution in [0, 0.1) is 5.82 Å². The van der Waals surface area contributed by atoms with E-state index >= 15 is 0 Å². The van der Waals surface area contributed by atoms with E-state index in [9.17, 15) is 9.18 Å². The van der Waals surface area contributed by atoms with Gasteiger partial charge >= 0.3 is 0 Å². The van der Waals surface area contributed by atoms with E-state index in [1.165, 1.54) is 12.1 Å². The topological polar surface area (TPSA) is 49.0 Å². The summed E-state index contributed by atoms with van der Waals surface area (Å²) >= 11 is 9.53. The number of benzene rings is 3. The molecule has 2 heterocycles. The van der Waals surface area contributed by atoms with Crippen molar-refractivity contribution in [2.24, 2.45) is 0 Å². The summed E-state index contributed by atoms with van der Waals surface area (Å²) < 4.78 is 14.3. The molecule has 0 spiro atoms. The van der Waals surface area contributed by atoms with Crippen molar-refractivity contribution in [3.8, 4) is 11.3 Å². The molecule has 0 aliphatic carbocycles. The molecule has 1 atom stereocenters. The second-order valence-corrected chi connectivity index (χ2v) is 8.73. The summed E-state index contributed by atoms with van der Waals surface area (Å²) in [7, 11) is 0. The van der Waals surface area contributed by atoms with Gasteiger partial charge in [0.1, 0.15) is 11.5 Å². The number of aromatic nitrogens is 2. The van der Waals surface area contributed by atoms with E-state index in [-0.39, 0.29) is 17.8 Å². The van der Waals surface area contributed by atoms with Crippen molar-refractivity contribution in [1.29, 1.82) is 0 Å². The Hall–Kier alpha value is -2.96. The molecule has 4 nitrogen and oxygen atoms in total. The van der Waals surface area contributed by atoms with Crippen LogP contribution < -0.4 is 0 Å². The molecule has 1 aliphatic rings. The Labute approximate surface area is 191 Å². The van der Waals surface area contributed by atoms with Gasteiger partial charge in [0.05, 0.1) is 11.7 Å². The molecule has 1 amide bonds. The van der Waals surface area contributed by atoms with Crippen LogP contribution in [-0.2, 0) is 6.54 Å². The van der Waals surface area contributed by atoms with E-state index in [1.807, 2.05) is 36.4 Å². The number of nitrogens with zero attached hydrogens (tertiary/aromatic N) is 2. The average molecular weight is 497 g/mol. The van der Waals surface area contributed by atoms with Crippen molar-refractivity contribution >= 4 is 33.4 Å². The molecule has 0 fully saturated rings. The number of hydrogen-bond acceptors (Lipinski definition) is 2. The molecule has 31 heavy (non-hydrogen) atoms. The summed E-state index contributed by atoms with van der Waals surface area (Å²) in [5.41, 5.74) is 4.71. The minimum absolute atomic E-state index is 0.139. The Morgan fingerprint density at radius 1 is 1.00 bits per heavy atom. The standard InChI is InChI=1S/C24H16BrClFN3O/c25-17-7-3-16(4-8-17)23-20-21(15-5-9-18(26)10-6-15)28-29-22(20)24(31)30(23)13-14-1-11-19(27)12-2-14/h1-12,23H,13H2,(H,28,29). The van der Waals surface area contributed by atoms with Gasteiger partial charge in [-0.2, -0.15) is 5.10 Å². The van der Waals surface area contributed by atoms with E-state index in [2.05, 4.69) is 26.1 Å². The highest BCUT2D eigenvalue weighted by molar-refractivity contribution is 9.10. The first-order valence-corrected chi connectivity index (χ1v) is 10.8. The van der Waals surface area contributed by atoms with Gasteiger partial charge in [-0.25, -0.2) is 4.39 Å². The predicted octanol–water partition coefficient (Wildman–Crippen LogP) is 6.38. The van der Waals surface area contributed by atoms with E-state index < -0.39 is 0 Å². The lowest BCUT2D eigenvalue weighted by molar-refractivity contribution is 0.0730. The number of rotatable bonds is 4. The lowest BCUT2D eigenvalue weighted by Crippen LogP contribution is -2.29. The first-order chi connectivity index (χ1) is 15.0. The molecule has 3 aromatic carbocycles. The van der Waals surface area contributed by atoms with Crippen molar-refractivity contribution in [1.82, 2.24) is 15.1 Å². The molecule has 1 N–H and O–H groups in total. The third-order valence-electron chi connectivity index (χ3n) is 5.43. The molecule has 0 bridgehead atoms. The third-order valence-corrected chi connectivity index (χ3v) is 6.21. The highest BCUT2D eigenvalue weighted by Gasteiger charge is 2.42. The Morgan fingerprint density at radius 2 is 1.68 bits per heavy atom. The Balaban J connectivity index is 1.63. The van der Waals surface area contributed by atoms with Gasteiger partial charge in [-0.15, -0.1) is 0 Å². The number of hydrogen-bond donors (Lipinski definition) is 1. The number of halogens is 3. The Morgan fingerprint density at radius 3 is 2.35 bits per heavy atom. The largest absolute Gasteiger partial charge is 0.322 e. The van der Waals surface area contributed by atoms with Crippen molar-refractivity contribution in [2.45, 2.75) is 12.6 Å². The van der Waals surface area contributed by atoms with Crippen LogP contribution in [0.3, 0.4) is 0 Å². The fraction of sp³-hybridized carbons (Fsp3) is 0.0833. The quantitative estimate of drug-likeness (QED) is 0.356. The van der Waals surface area contributed by atoms with E-state index in [0.29, 0.717) is 17.3 Å². The Bertz CT molecular complexity index is 1250. The summed E-state index contributed by atoms with van der Waals surface area (Å²) in [5.74, 6) is -0.444. The van der Waals surface area contributed by atoms with Crippen LogP contribution in [0.1, 0.15) is 33.2 Å². The molecule has 1 aromatic heterocycles. The number of aromatic amines is 1. The van der Waals surface area contributed by atoms with Gasteiger partial charge in [-0.1, -0.05) is 63.9 Å². The van der Waals surface area contributed by atoms with Crippen LogP contribution in [0.15, 0.2) is 77.3 Å². The minimum atomic E-state index is -0.329. The van der Waals surface area contributed by atoms with Crippen molar-refractivity contribution in [3.05, 3.63) is 110 Å². The van der Waals surface area contributed by atoms with E-state index in [1.54, 1.807) is 29.2 Å². The maximum absolute atomic E-state index is 13.4. The fourth-order valence-corrected chi connectivity index (χ4v) is 4.36. The van der Waals surface area contributed by atoms with Gasteiger partial charge < -0.3 is 4.90 Å². The molecule has 1 aliphatic heterocycles. The summed E-state index contributed by atoms with van der Waals surface area (Å²) in [6, 6.07) is 21.2. The van der Waals surface area contributed by atoms with Crippen LogP contribution in [-0.4, -0.2) is 21.0 Å². The van der Waals surface area contributed by atoms with Gasteiger partial charge in [0.2, 0.25) is 0 Å². The van der Waals surface area contributed by atoms with Gasteiger partial charge in [0, 0.05) is 27.2 Å². The van der Waals surface area contributed by atoms with Crippen LogP contribution >= 0.6 is 27.5 Å². The van der Waals surface area contributed by atoms with Crippen molar-refractivity contribution in [2.75, 3.05) is 0 Å². The van der Waals surface area contributed by atoms with E-state index in [0.717, 1.165) is 32.4 Å². The molecule has 154 valence electrons. The number of carbonyl (C=O) groups is 1. The molecular weight excluding hydrogens is 481 g/mol. The number of fused-ring (bicyclic) bond motifs is 1. The van der Waals surface area contributed by atoms with Crippen LogP contribution in [0.25, 0.3) is 11.3 Å². The van der Waals surface area contributed by atoms with Crippen molar-refractivity contribution < 1.29 is 9.18 Å². The molecule has 0 saturated heterocycles. The zero-order valence-corrected chi connectivity index (χ0v) is 18.5. The summed E-state index contributed by atoms with van der Waals surface area (Å²) in [6.45, 7) is 0.350. The van der Waals surface area contributed by atoms with E-state index in [4.69, 9.17) is 11.6 Å². The molecule has 0 saturated carbocycles. The second-order valence-electron chi connectivity index (χ2n) is 7.38. The molecular formula is C24H16BrClFN3O. The van der Waals surface area contributed by atoms with Gasteiger partial charge in [-0.05, 0) is 47.5 Å². The Kier molecular flexibility index (Phi) is 5.12. The molecule has 4 aromatic rings. The zero-order valence-electron chi connectivity index (χ0n) is 16.1. The summed E-state index contributed by atoms with van der Waals surface area (Å²) in [6.07, 6.45) is 0. The fourth-order valence-electron chi connectivity index (χ4n) is 3.97. The highest BCUT2D eigenvalue weighted by atomic mass is 79.9. The monoisotopic (exact) mass is 495 g/mol. The van der Waals surface area contributed by atoms with Crippen LogP contribution in [0.5, 0.6) is 0 Å². The molecule has 7 heteroatoms. The minimum Gasteiger partial charge on any atom is -0.322 e. The van der Waals surface area contributed by atoms with Crippen LogP contribution in [0.4, 0.5) is 4.39 Å². The molecule has 1 unspecified atom stereocenters. The van der Waals surface area contributed by atoms with Gasteiger partial charge in [0.15, 0.2) is 0 Å². The maximum atomic E-state index is 13.4.